The molecule has 0 atom stereocenters. The minimum Gasteiger partial charge on any atom is -0.497 e. The number of rotatable bonds is 3. The van der Waals surface area contributed by atoms with Crippen LogP contribution in [0.3, 0.4) is 0 Å². The van der Waals surface area contributed by atoms with Crippen LogP contribution in [0.5, 0.6) is 5.75 Å². The highest BCUT2D eigenvalue weighted by Gasteiger charge is 2.30. The molecule has 0 amide bonds. The molecule has 2 nitrogen and oxygen atoms in total. The summed E-state index contributed by atoms with van der Waals surface area (Å²) in [6.45, 7) is 6.90. The minimum absolute atomic E-state index is 0.778. The number of benzene rings is 1. The van der Waals surface area contributed by atoms with Gasteiger partial charge in [0, 0.05) is 23.6 Å². The molecular weight excluding hydrogens is 266 g/mol. The molecular formula is C13H18BrNO. The van der Waals surface area contributed by atoms with Gasteiger partial charge in [-0.05, 0) is 39.9 Å². The molecule has 1 aliphatic rings. The zero-order valence-electron chi connectivity index (χ0n) is 10.0. The Morgan fingerprint density at radius 1 is 1.38 bits per heavy atom. The summed E-state index contributed by atoms with van der Waals surface area (Å²) in [5, 5.41) is 0. The number of anilines is 1. The van der Waals surface area contributed by atoms with E-state index in [0.717, 1.165) is 35.1 Å². The maximum atomic E-state index is 5.26. The average molecular weight is 284 g/mol. The molecule has 1 saturated heterocycles. The highest BCUT2D eigenvalue weighted by molar-refractivity contribution is 9.10. The molecule has 0 N–H and O–H groups in total. The third kappa shape index (κ3) is 2.19. The fourth-order valence-electron chi connectivity index (χ4n) is 1.99. The summed E-state index contributed by atoms with van der Waals surface area (Å²) in [7, 11) is 1.71. The summed E-state index contributed by atoms with van der Waals surface area (Å²) in [5.74, 6) is 2.53. The molecule has 16 heavy (non-hydrogen) atoms. The molecule has 2 rings (SSSR count). The van der Waals surface area contributed by atoms with Crippen molar-refractivity contribution in [3.63, 3.8) is 0 Å². The molecule has 1 aliphatic heterocycles. The van der Waals surface area contributed by atoms with Gasteiger partial charge < -0.3 is 9.64 Å². The predicted octanol–water partition coefficient (Wildman–Crippen LogP) is 3.55. The Hall–Kier alpha value is -0.700. The van der Waals surface area contributed by atoms with Crippen LogP contribution in [0.2, 0.25) is 0 Å². The van der Waals surface area contributed by atoms with Crippen molar-refractivity contribution in [2.45, 2.75) is 13.8 Å². The van der Waals surface area contributed by atoms with Crippen molar-refractivity contribution < 1.29 is 4.74 Å². The average Bonchev–Trinajstić information content (AvgIpc) is 2.18. The fraction of sp³-hybridized carbons (Fsp3) is 0.538. The molecule has 0 bridgehead atoms. The van der Waals surface area contributed by atoms with Crippen molar-refractivity contribution in [2.75, 3.05) is 25.1 Å². The van der Waals surface area contributed by atoms with E-state index in [1.54, 1.807) is 7.11 Å². The molecule has 0 aromatic heterocycles. The summed E-state index contributed by atoms with van der Waals surface area (Å²) < 4.78 is 6.40. The van der Waals surface area contributed by atoms with E-state index in [4.69, 9.17) is 4.74 Å². The standard InChI is InChI=1S/C13H18BrNO/c1-9(2)10-7-15(8-10)13-6-11(16-3)4-5-12(13)14/h4-6,9-10H,7-8H2,1-3H3. The van der Waals surface area contributed by atoms with E-state index in [1.807, 2.05) is 6.07 Å². The van der Waals surface area contributed by atoms with E-state index in [0.29, 0.717) is 0 Å². The maximum Gasteiger partial charge on any atom is 0.121 e. The third-order valence-corrected chi connectivity index (χ3v) is 4.02. The van der Waals surface area contributed by atoms with Gasteiger partial charge in [0.25, 0.3) is 0 Å². The smallest absolute Gasteiger partial charge is 0.121 e. The third-order valence-electron chi connectivity index (χ3n) is 3.35. The van der Waals surface area contributed by atoms with Gasteiger partial charge in [0.15, 0.2) is 0 Å². The highest BCUT2D eigenvalue weighted by atomic mass is 79.9. The van der Waals surface area contributed by atoms with Crippen LogP contribution in [0.1, 0.15) is 13.8 Å². The summed E-state index contributed by atoms with van der Waals surface area (Å²) >= 11 is 3.59. The maximum absolute atomic E-state index is 5.26. The van der Waals surface area contributed by atoms with Crippen molar-refractivity contribution in [1.29, 1.82) is 0 Å². The number of halogens is 1. The zero-order chi connectivity index (χ0) is 11.7. The number of ether oxygens (including phenoxy) is 1. The molecule has 88 valence electrons. The van der Waals surface area contributed by atoms with Gasteiger partial charge in [-0.15, -0.1) is 0 Å². The molecule has 1 aromatic rings. The largest absolute Gasteiger partial charge is 0.497 e. The summed E-state index contributed by atoms with van der Waals surface area (Å²) in [4.78, 5) is 2.40. The van der Waals surface area contributed by atoms with E-state index in [9.17, 15) is 0 Å². The Morgan fingerprint density at radius 2 is 2.06 bits per heavy atom. The summed E-state index contributed by atoms with van der Waals surface area (Å²) in [6.07, 6.45) is 0. The minimum atomic E-state index is 0.778. The first-order valence-corrected chi connectivity index (χ1v) is 6.49. The number of nitrogens with zero attached hydrogens (tertiary/aromatic N) is 1. The second-order valence-electron chi connectivity index (χ2n) is 4.73. The second-order valence-corrected chi connectivity index (χ2v) is 5.58. The summed E-state index contributed by atoms with van der Waals surface area (Å²) in [6, 6.07) is 6.13. The lowest BCUT2D eigenvalue weighted by atomic mass is 9.88. The molecule has 0 radical (unpaired) electrons. The molecule has 1 heterocycles. The van der Waals surface area contributed by atoms with Gasteiger partial charge in [0.2, 0.25) is 0 Å². The molecule has 3 heteroatoms. The quantitative estimate of drug-likeness (QED) is 0.841. The highest BCUT2D eigenvalue weighted by Crippen LogP contribution is 2.36. The number of hydrogen-bond donors (Lipinski definition) is 0. The van der Waals surface area contributed by atoms with Crippen LogP contribution in [0.4, 0.5) is 5.69 Å². The fourth-order valence-corrected chi connectivity index (χ4v) is 2.49. The SMILES string of the molecule is COc1ccc(Br)c(N2CC(C(C)C)C2)c1. The van der Waals surface area contributed by atoms with Gasteiger partial charge in [-0.2, -0.15) is 0 Å². The van der Waals surface area contributed by atoms with Crippen molar-refractivity contribution in [3.05, 3.63) is 22.7 Å². The molecule has 0 aliphatic carbocycles. The first-order chi connectivity index (χ1) is 7.61. The van der Waals surface area contributed by atoms with Crippen LogP contribution < -0.4 is 9.64 Å². The van der Waals surface area contributed by atoms with Crippen molar-refractivity contribution in [1.82, 2.24) is 0 Å². The first-order valence-electron chi connectivity index (χ1n) is 5.70. The molecule has 0 spiro atoms. The van der Waals surface area contributed by atoms with Crippen LogP contribution in [0.15, 0.2) is 22.7 Å². The lowest BCUT2D eigenvalue weighted by molar-refractivity contribution is 0.309. The van der Waals surface area contributed by atoms with E-state index in [2.05, 4.69) is 46.8 Å². The number of hydrogen-bond acceptors (Lipinski definition) is 2. The number of methoxy groups -OCH3 is 1. The monoisotopic (exact) mass is 283 g/mol. The van der Waals surface area contributed by atoms with Gasteiger partial charge in [-0.3, -0.25) is 0 Å². The van der Waals surface area contributed by atoms with Crippen molar-refractivity contribution in [2.24, 2.45) is 11.8 Å². The lowest BCUT2D eigenvalue weighted by Crippen LogP contribution is -2.49. The van der Waals surface area contributed by atoms with Crippen LogP contribution in [0, 0.1) is 11.8 Å². The predicted molar refractivity (Wildman–Crippen MR) is 71.2 cm³/mol. The zero-order valence-corrected chi connectivity index (χ0v) is 11.6. The van der Waals surface area contributed by atoms with Gasteiger partial charge >= 0.3 is 0 Å². The lowest BCUT2D eigenvalue weighted by Gasteiger charge is -2.43. The van der Waals surface area contributed by atoms with E-state index in [-0.39, 0.29) is 0 Å². The van der Waals surface area contributed by atoms with E-state index in [1.165, 1.54) is 5.69 Å². The Kier molecular flexibility index (Phi) is 3.43. The first kappa shape index (κ1) is 11.8. The van der Waals surface area contributed by atoms with Crippen molar-refractivity contribution in [3.8, 4) is 5.75 Å². The normalized spacial score (nSPS) is 16.4. The van der Waals surface area contributed by atoms with Crippen LogP contribution in [0.25, 0.3) is 0 Å². The van der Waals surface area contributed by atoms with Crippen LogP contribution in [-0.2, 0) is 0 Å². The van der Waals surface area contributed by atoms with Gasteiger partial charge in [0.05, 0.1) is 12.8 Å². The Morgan fingerprint density at radius 3 is 2.62 bits per heavy atom. The van der Waals surface area contributed by atoms with E-state index < -0.39 is 0 Å². The molecule has 1 aromatic carbocycles. The molecule has 0 saturated carbocycles. The molecule has 1 fully saturated rings. The summed E-state index contributed by atoms with van der Waals surface area (Å²) in [5.41, 5.74) is 1.25. The van der Waals surface area contributed by atoms with Crippen LogP contribution >= 0.6 is 15.9 Å². The van der Waals surface area contributed by atoms with Crippen LogP contribution in [-0.4, -0.2) is 20.2 Å². The molecule has 0 unspecified atom stereocenters. The Balaban J connectivity index is 2.10. The van der Waals surface area contributed by atoms with Gasteiger partial charge in [-0.25, -0.2) is 0 Å². The Bertz CT molecular complexity index is 372. The topological polar surface area (TPSA) is 12.5 Å². The Labute approximate surface area is 106 Å². The van der Waals surface area contributed by atoms with Crippen molar-refractivity contribution >= 4 is 21.6 Å². The van der Waals surface area contributed by atoms with E-state index >= 15 is 0 Å². The van der Waals surface area contributed by atoms with Gasteiger partial charge in [0.1, 0.15) is 5.75 Å². The second kappa shape index (κ2) is 4.66. The van der Waals surface area contributed by atoms with Gasteiger partial charge in [-0.1, -0.05) is 13.8 Å².